The number of rotatable bonds is 6. The van der Waals surface area contributed by atoms with Crippen molar-refractivity contribution in [2.24, 2.45) is 0 Å². The monoisotopic (exact) mass is 401 g/mol. The lowest BCUT2D eigenvalue weighted by molar-refractivity contribution is -0.120. The minimum absolute atomic E-state index is 0.205. The lowest BCUT2D eigenvalue weighted by Gasteiger charge is -2.19. The van der Waals surface area contributed by atoms with Crippen LogP contribution in [-0.4, -0.2) is 30.1 Å². The zero-order valence-corrected chi connectivity index (χ0v) is 16.5. The number of halogens is 1. The average Bonchev–Trinajstić information content (AvgIpc) is 2.63. The van der Waals surface area contributed by atoms with Gasteiger partial charge in [0.2, 0.25) is 5.91 Å². The van der Waals surface area contributed by atoms with E-state index < -0.39 is 23.4 Å². The molecule has 0 aliphatic heterocycles. The standard InChI is InChI=1S/C21H24FN3O4/c1-21(2,3)29-20(28)24-13-18(26)23-12-14-6-4-9-17(10-14)25-19(27)15-7-5-8-16(22)11-15/h4-11H,12-13H2,1-3H3,(H,23,26)(H,24,28)(H,25,27). The summed E-state index contributed by atoms with van der Waals surface area (Å²) < 4.78 is 18.3. The summed E-state index contributed by atoms with van der Waals surface area (Å²) in [7, 11) is 0. The van der Waals surface area contributed by atoms with Crippen LogP contribution < -0.4 is 16.0 Å². The molecule has 3 amide bonds. The van der Waals surface area contributed by atoms with Gasteiger partial charge in [0.15, 0.2) is 0 Å². The molecule has 8 heteroatoms. The molecule has 0 saturated carbocycles. The van der Waals surface area contributed by atoms with Crippen molar-refractivity contribution >= 4 is 23.6 Å². The average molecular weight is 401 g/mol. The van der Waals surface area contributed by atoms with Crippen LogP contribution in [0.25, 0.3) is 0 Å². The van der Waals surface area contributed by atoms with Gasteiger partial charge < -0.3 is 20.7 Å². The second-order valence-electron chi connectivity index (χ2n) is 7.30. The van der Waals surface area contributed by atoms with E-state index in [1.165, 1.54) is 18.2 Å². The number of carbonyl (C=O) groups excluding carboxylic acids is 3. The quantitative estimate of drug-likeness (QED) is 0.692. The Balaban J connectivity index is 1.84. The Bertz CT molecular complexity index is 893. The molecule has 0 heterocycles. The van der Waals surface area contributed by atoms with Gasteiger partial charge in [0.05, 0.1) is 0 Å². The maximum Gasteiger partial charge on any atom is 0.408 e. The maximum atomic E-state index is 13.2. The summed E-state index contributed by atoms with van der Waals surface area (Å²) in [5.41, 5.74) is 0.819. The van der Waals surface area contributed by atoms with Gasteiger partial charge in [-0.2, -0.15) is 0 Å². The summed E-state index contributed by atoms with van der Waals surface area (Å²) in [4.78, 5) is 35.6. The molecule has 2 aromatic carbocycles. The molecule has 0 saturated heterocycles. The van der Waals surface area contributed by atoms with Crippen molar-refractivity contribution in [2.45, 2.75) is 32.9 Å². The van der Waals surface area contributed by atoms with E-state index in [0.29, 0.717) is 5.69 Å². The van der Waals surface area contributed by atoms with Gasteiger partial charge in [-0.15, -0.1) is 0 Å². The van der Waals surface area contributed by atoms with E-state index in [0.717, 1.165) is 11.6 Å². The van der Waals surface area contributed by atoms with E-state index in [2.05, 4.69) is 16.0 Å². The molecule has 0 spiro atoms. The van der Waals surface area contributed by atoms with Gasteiger partial charge >= 0.3 is 6.09 Å². The summed E-state index contributed by atoms with van der Waals surface area (Å²) in [6, 6.07) is 12.3. The molecule has 3 N–H and O–H groups in total. The first-order valence-corrected chi connectivity index (χ1v) is 9.02. The topological polar surface area (TPSA) is 96.5 Å². The van der Waals surface area contributed by atoms with E-state index in [4.69, 9.17) is 4.74 Å². The molecular weight excluding hydrogens is 377 g/mol. The number of nitrogens with one attached hydrogen (secondary N) is 3. The van der Waals surface area contributed by atoms with Crippen LogP contribution in [0.2, 0.25) is 0 Å². The first kappa shape index (κ1) is 21.9. The predicted octanol–water partition coefficient (Wildman–Crippen LogP) is 3.22. The molecule has 2 aromatic rings. The summed E-state index contributed by atoms with van der Waals surface area (Å²) in [6.07, 6.45) is -0.672. The zero-order valence-electron chi connectivity index (χ0n) is 16.5. The minimum atomic E-state index is -0.672. The lowest BCUT2D eigenvalue weighted by atomic mass is 10.1. The number of hydrogen-bond acceptors (Lipinski definition) is 4. The van der Waals surface area contributed by atoms with Crippen molar-refractivity contribution in [3.8, 4) is 0 Å². The third-order valence-corrected chi connectivity index (χ3v) is 3.55. The predicted molar refractivity (Wildman–Crippen MR) is 107 cm³/mol. The van der Waals surface area contributed by atoms with Crippen LogP contribution in [0.4, 0.5) is 14.9 Å². The third kappa shape index (κ3) is 8.00. The van der Waals surface area contributed by atoms with Crippen molar-refractivity contribution < 1.29 is 23.5 Å². The Labute approximate surface area is 168 Å². The normalized spacial score (nSPS) is 10.8. The molecule has 0 radical (unpaired) electrons. The number of carbonyl (C=O) groups is 3. The van der Waals surface area contributed by atoms with Crippen molar-refractivity contribution in [2.75, 3.05) is 11.9 Å². The molecule has 0 atom stereocenters. The second kappa shape index (κ2) is 9.68. The molecule has 0 aliphatic carbocycles. The Hall–Kier alpha value is -3.42. The van der Waals surface area contributed by atoms with Crippen molar-refractivity contribution in [3.63, 3.8) is 0 Å². The van der Waals surface area contributed by atoms with Crippen molar-refractivity contribution in [1.82, 2.24) is 10.6 Å². The second-order valence-corrected chi connectivity index (χ2v) is 7.30. The fourth-order valence-corrected chi connectivity index (χ4v) is 2.32. The summed E-state index contributed by atoms with van der Waals surface area (Å²) >= 11 is 0. The molecule has 29 heavy (non-hydrogen) atoms. The highest BCUT2D eigenvalue weighted by molar-refractivity contribution is 6.04. The van der Waals surface area contributed by atoms with Crippen LogP contribution in [0.1, 0.15) is 36.7 Å². The SMILES string of the molecule is CC(C)(C)OC(=O)NCC(=O)NCc1cccc(NC(=O)c2cccc(F)c2)c1. The molecule has 0 bridgehead atoms. The van der Waals surface area contributed by atoms with Gasteiger partial charge in [-0.1, -0.05) is 18.2 Å². The van der Waals surface area contributed by atoms with E-state index in [1.807, 2.05) is 0 Å². The molecular formula is C21H24FN3O4. The number of anilines is 1. The Kier molecular flexibility index (Phi) is 7.30. The highest BCUT2D eigenvalue weighted by Crippen LogP contribution is 2.13. The van der Waals surface area contributed by atoms with Crippen molar-refractivity contribution in [3.05, 3.63) is 65.5 Å². The molecule has 7 nitrogen and oxygen atoms in total. The maximum absolute atomic E-state index is 13.2. The van der Waals surface area contributed by atoms with E-state index >= 15 is 0 Å². The van der Waals surface area contributed by atoms with Crippen LogP contribution in [0.3, 0.4) is 0 Å². The molecule has 0 aliphatic rings. The zero-order chi connectivity index (χ0) is 21.4. The Morgan fingerprint density at radius 2 is 1.72 bits per heavy atom. The van der Waals surface area contributed by atoms with Gasteiger partial charge in [-0.05, 0) is 56.7 Å². The Morgan fingerprint density at radius 3 is 2.41 bits per heavy atom. The Morgan fingerprint density at radius 1 is 1.00 bits per heavy atom. The highest BCUT2D eigenvalue weighted by Gasteiger charge is 2.16. The number of alkyl carbamates (subject to hydrolysis) is 1. The summed E-state index contributed by atoms with van der Waals surface area (Å²) in [5, 5.41) is 7.72. The molecule has 154 valence electrons. The van der Waals surface area contributed by atoms with E-state index in [-0.39, 0.29) is 24.6 Å². The van der Waals surface area contributed by atoms with Gasteiger partial charge in [0.25, 0.3) is 5.91 Å². The van der Waals surface area contributed by atoms with E-state index in [9.17, 15) is 18.8 Å². The molecule has 2 rings (SSSR count). The molecule has 0 aromatic heterocycles. The number of hydrogen-bond donors (Lipinski definition) is 3. The van der Waals surface area contributed by atoms with E-state index in [1.54, 1.807) is 45.0 Å². The third-order valence-electron chi connectivity index (χ3n) is 3.55. The van der Waals surface area contributed by atoms with Crippen LogP contribution in [0, 0.1) is 5.82 Å². The highest BCUT2D eigenvalue weighted by atomic mass is 19.1. The number of benzene rings is 2. The molecule has 0 unspecified atom stereocenters. The smallest absolute Gasteiger partial charge is 0.408 e. The molecule has 0 fully saturated rings. The van der Waals surface area contributed by atoms with Gasteiger partial charge in [-0.3, -0.25) is 9.59 Å². The first-order chi connectivity index (χ1) is 13.6. The van der Waals surface area contributed by atoms with Crippen LogP contribution in [-0.2, 0) is 16.1 Å². The largest absolute Gasteiger partial charge is 0.444 e. The van der Waals surface area contributed by atoms with Gasteiger partial charge in [-0.25, -0.2) is 9.18 Å². The first-order valence-electron chi connectivity index (χ1n) is 9.02. The van der Waals surface area contributed by atoms with Crippen LogP contribution in [0.15, 0.2) is 48.5 Å². The van der Waals surface area contributed by atoms with Crippen LogP contribution in [0.5, 0.6) is 0 Å². The number of ether oxygens (including phenoxy) is 1. The summed E-state index contributed by atoms with van der Waals surface area (Å²) in [6.45, 7) is 5.18. The fourth-order valence-electron chi connectivity index (χ4n) is 2.32. The van der Waals surface area contributed by atoms with Crippen LogP contribution >= 0.6 is 0 Å². The summed E-state index contributed by atoms with van der Waals surface area (Å²) in [5.74, 6) is -1.31. The van der Waals surface area contributed by atoms with Crippen molar-refractivity contribution in [1.29, 1.82) is 0 Å². The fraction of sp³-hybridized carbons (Fsp3) is 0.286. The van der Waals surface area contributed by atoms with Gasteiger partial charge in [0, 0.05) is 17.8 Å². The van der Waals surface area contributed by atoms with Gasteiger partial charge in [0.1, 0.15) is 18.0 Å². The minimum Gasteiger partial charge on any atom is -0.444 e. The number of amides is 3. The lowest BCUT2D eigenvalue weighted by Crippen LogP contribution is -2.39.